The summed E-state index contributed by atoms with van der Waals surface area (Å²) in [5, 5.41) is 0. The second-order valence-electron chi connectivity index (χ2n) is 8.23. The summed E-state index contributed by atoms with van der Waals surface area (Å²) in [5.74, 6) is 0.887. The van der Waals surface area contributed by atoms with E-state index in [1.807, 2.05) is 97.1 Å². The summed E-state index contributed by atoms with van der Waals surface area (Å²) in [5.41, 5.74) is 0. The molecule has 0 bridgehead atoms. The zero-order valence-corrected chi connectivity index (χ0v) is 19.5. The number of ether oxygens (including phenoxy) is 3. The maximum atomic E-state index is 6.43. The molecule has 0 aliphatic rings. The van der Waals surface area contributed by atoms with Crippen molar-refractivity contribution in [2.45, 2.75) is 63.8 Å². The second-order valence-corrected chi connectivity index (χ2v) is 8.23. The van der Waals surface area contributed by atoms with Crippen molar-refractivity contribution in [3.05, 3.63) is 104 Å². The molecule has 0 amide bonds. The minimum Gasteiger partial charge on any atom is -0.421 e. The maximum absolute atomic E-state index is 6.43. The quantitative estimate of drug-likeness (QED) is 0.126. The third kappa shape index (κ3) is 9.05. The van der Waals surface area contributed by atoms with Crippen molar-refractivity contribution in [1.29, 1.82) is 0 Å². The van der Waals surface area contributed by atoms with Gasteiger partial charge >= 0.3 is 5.97 Å². The first-order chi connectivity index (χ1) is 16.3. The van der Waals surface area contributed by atoms with Crippen molar-refractivity contribution in [1.82, 2.24) is 0 Å². The lowest BCUT2D eigenvalue weighted by atomic mass is 10.1. The molecular formula is C30H36O3. The molecule has 3 aromatic carbocycles. The first-order valence-corrected chi connectivity index (χ1v) is 12.1. The van der Waals surface area contributed by atoms with E-state index >= 15 is 0 Å². The second kappa shape index (κ2) is 14.1. The molecule has 0 atom stereocenters. The molecule has 0 aliphatic heterocycles. The van der Waals surface area contributed by atoms with E-state index in [1.165, 1.54) is 32.1 Å². The highest BCUT2D eigenvalue weighted by Crippen LogP contribution is 2.31. The third-order valence-corrected chi connectivity index (χ3v) is 5.44. The Balaban J connectivity index is 1.70. The van der Waals surface area contributed by atoms with Gasteiger partial charge in [0.1, 0.15) is 17.2 Å². The first-order valence-electron chi connectivity index (χ1n) is 12.1. The molecule has 0 fully saturated rings. The van der Waals surface area contributed by atoms with Crippen LogP contribution in [0.25, 0.3) is 0 Å². The van der Waals surface area contributed by atoms with E-state index in [0.717, 1.165) is 19.3 Å². The van der Waals surface area contributed by atoms with Gasteiger partial charge in [0.05, 0.1) is 6.42 Å². The molecule has 3 aromatic rings. The number of unbranched alkanes of at least 4 members (excludes halogenated alkanes) is 7. The molecule has 0 heterocycles. The molecule has 33 heavy (non-hydrogen) atoms. The molecule has 0 saturated carbocycles. The molecule has 0 saturated heterocycles. The lowest BCUT2D eigenvalue weighted by Gasteiger charge is -2.34. The van der Waals surface area contributed by atoms with Crippen LogP contribution >= 0.6 is 0 Å². The van der Waals surface area contributed by atoms with Crippen LogP contribution in [0.2, 0.25) is 0 Å². The monoisotopic (exact) mass is 444 g/mol. The van der Waals surface area contributed by atoms with Crippen molar-refractivity contribution < 1.29 is 14.2 Å². The summed E-state index contributed by atoms with van der Waals surface area (Å²) in [7, 11) is 0. The minimum absolute atomic E-state index is 0.613. The highest BCUT2D eigenvalue weighted by atomic mass is 16.9. The van der Waals surface area contributed by atoms with Crippen LogP contribution in [-0.4, -0.2) is 5.97 Å². The predicted molar refractivity (Wildman–Crippen MR) is 136 cm³/mol. The molecule has 0 aliphatic carbocycles. The number of hydrogen-bond donors (Lipinski definition) is 0. The Kier molecular flexibility index (Phi) is 10.4. The van der Waals surface area contributed by atoms with Crippen LogP contribution in [0.1, 0.15) is 57.8 Å². The SMILES string of the molecule is C=CCCCCCCCCCC(Oc1ccccc1)(Oc1ccccc1)Oc1ccccc1. The fourth-order valence-electron chi connectivity index (χ4n) is 3.73. The van der Waals surface area contributed by atoms with Gasteiger partial charge in [-0.15, -0.1) is 6.58 Å². The van der Waals surface area contributed by atoms with Gasteiger partial charge in [0.15, 0.2) is 0 Å². The molecule has 0 spiro atoms. The molecule has 0 unspecified atom stereocenters. The van der Waals surface area contributed by atoms with Crippen LogP contribution in [0.5, 0.6) is 17.2 Å². The Labute approximate surface area is 199 Å². The highest BCUT2D eigenvalue weighted by Gasteiger charge is 2.38. The normalized spacial score (nSPS) is 11.0. The van der Waals surface area contributed by atoms with Gasteiger partial charge < -0.3 is 14.2 Å². The molecular weight excluding hydrogens is 408 g/mol. The molecule has 3 heteroatoms. The van der Waals surface area contributed by atoms with Gasteiger partial charge in [0.2, 0.25) is 0 Å². The van der Waals surface area contributed by atoms with Gasteiger partial charge in [-0.1, -0.05) is 92.8 Å². The van der Waals surface area contributed by atoms with Crippen molar-refractivity contribution in [2.24, 2.45) is 0 Å². The van der Waals surface area contributed by atoms with Gasteiger partial charge in [-0.25, -0.2) is 0 Å². The topological polar surface area (TPSA) is 27.7 Å². The van der Waals surface area contributed by atoms with E-state index in [4.69, 9.17) is 14.2 Å². The van der Waals surface area contributed by atoms with E-state index in [0.29, 0.717) is 23.7 Å². The number of benzene rings is 3. The minimum atomic E-state index is -1.26. The average molecular weight is 445 g/mol. The summed E-state index contributed by atoms with van der Waals surface area (Å²) in [6.07, 6.45) is 12.0. The number of allylic oxidation sites excluding steroid dienone is 1. The lowest BCUT2D eigenvalue weighted by molar-refractivity contribution is -0.257. The average Bonchev–Trinajstić information content (AvgIpc) is 2.85. The Bertz CT molecular complexity index is 792. The zero-order valence-electron chi connectivity index (χ0n) is 19.5. The van der Waals surface area contributed by atoms with Gasteiger partial charge in [0.25, 0.3) is 0 Å². The van der Waals surface area contributed by atoms with E-state index in [2.05, 4.69) is 6.58 Å². The molecule has 3 rings (SSSR count). The molecule has 3 nitrogen and oxygen atoms in total. The summed E-state index contributed by atoms with van der Waals surface area (Å²) < 4.78 is 19.3. The first kappa shape index (κ1) is 24.4. The standard InChI is InChI=1S/C30H36O3/c1-2-3-4-5-6-7-8-9-19-26-30(31-27-20-13-10-14-21-27,32-28-22-15-11-16-23-28)33-29-24-17-12-18-25-29/h2,10-18,20-25H,1,3-9,19,26H2. The number of hydrogen-bond acceptors (Lipinski definition) is 3. The van der Waals surface area contributed by atoms with Crippen LogP contribution in [-0.2, 0) is 0 Å². The van der Waals surface area contributed by atoms with Crippen LogP contribution in [0.4, 0.5) is 0 Å². The van der Waals surface area contributed by atoms with Gasteiger partial charge in [0, 0.05) is 0 Å². The van der Waals surface area contributed by atoms with Crippen molar-refractivity contribution in [3.63, 3.8) is 0 Å². The highest BCUT2D eigenvalue weighted by molar-refractivity contribution is 5.26. The predicted octanol–water partition coefficient (Wildman–Crippen LogP) is 8.57. The Morgan fingerprint density at radius 2 is 0.879 bits per heavy atom. The Morgan fingerprint density at radius 3 is 1.27 bits per heavy atom. The van der Waals surface area contributed by atoms with Crippen molar-refractivity contribution in [3.8, 4) is 17.2 Å². The number of para-hydroxylation sites is 3. The lowest BCUT2D eigenvalue weighted by Crippen LogP contribution is -2.48. The fraction of sp³-hybridized carbons (Fsp3) is 0.333. The largest absolute Gasteiger partial charge is 0.421 e. The molecule has 0 radical (unpaired) electrons. The smallest absolute Gasteiger partial charge is 0.417 e. The van der Waals surface area contributed by atoms with E-state index in [1.54, 1.807) is 0 Å². The van der Waals surface area contributed by atoms with Crippen molar-refractivity contribution >= 4 is 0 Å². The third-order valence-electron chi connectivity index (χ3n) is 5.44. The summed E-state index contributed by atoms with van der Waals surface area (Å²) >= 11 is 0. The number of rotatable bonds is 16. The Morgan fingerprint density at radius 1 is 0.515 bits per heavy atom. The van der Waals surface area contributed by atoms with Crippen LogP contribution in [0, 0.1) is 0 Å². The van der Waals surface area contributed by atoms with E-state index in [-0.39, 0.29) is 0 Å². The van der Waals surface area contributed by atoms with Gasteiger partial charge in [-0.05, 0) is 55.7 Å². The zero-order chi connectivity index (χ0) is 23.0. The van der Waals surface area contributed by atoms with E-state index in [9.17, 15) is 0 Å². The van der Waals surface area contributed by atoms with Crippen LogP contribution < -0.4 is 14.2 Å². The van der Waals surface area contributed by atoms with Crippen molar-refractivity contribution in [2.75, 3.05) is 0 Å². The summed E-state index contributed by atoms with van der Waals surface area (Å²) in [6.45, 7) is 3.80. The molecule has 0 N–H and O–H groups in total. The van der Waals surface area contributed by atoms with Crippen LogP contribution in [0.3, 0.4) is 0 Å². The van der Waals surface area contributed by atoms with Crippen LogP contribution in [0.15, 0.2) is 104 Å². The Hall–Kier alpha value is -3.20. The van der Waals surface area contributed by atoms with Gasteiger partial charge in [-0.2, -0.15) is 0 Å². The summed E-state index contributed by atoms with van der Waals surface area (Å²) in [6, 6.07) is 29.2. The van der Waals surface area contributed by atoms with E-state index < -0.39 is 5.97 Å². The maximum Gasteiger partial charge on any atom is 0.417 e. The fourth-order valence-corrected chi connectivity index (χ4v) is 3.73. The summed E-state index contributed by atoms with van der Waals surface area (Å²) in [4.78, 5) is 0. The molecule has 0 aromatic heterocycles. The molecule has 174 valence electrons. The van der Waals surface area contributed by atoms with Gasteiger partial charge in [-0.3, -0.25) is 0 Å².